The smallest absolute Gasteiger partial charge is 0.367 e. The molecular formula is C18H23F3N4. The molecule has 0 unspecified atom stereocenters. The van der Waals surface area contributed by atoms with Gasteiger partial charge in [0, 0.05) is 11.4 Å². The molecule has 1 aliphatic heterocycles. The third kappa shape index (κ3) is 4.21. The monoisotopic (exact) mass is 352 g/mol. The lowest BCUT2D eigenvalue weighted by Crippen LogP contribution is -2.31. The van der Waals surface area contributed by atoms with Crippen LogP contribution in [0.4, 0.5) is 19.0 Å². The molecule has 0 amide bonds. The summed E-state index contributed by atoms with van der Waals surface area (Å²) in [6.45, 7) is 5.73. The van der Waals surface area contributed by atoms with Crippen molar-refractivity contribution in [2.45, 2.75) is 45.3 Å². The van der Waals surface area contributed by atoms with Gasteiger partial charge >= 0.3 is 6.18 Å². The number of fused-ring (bicyclic) bond motifs is 1. The van der Waals surface area contributed by atoms with Crippen LogP contribution in [-0.2, 0) is 6.18 Å². The van der Waals surface area contributed by atoms with Crippen LogP contribution in [0.25, 0.3) is 10.9 Å². The van der Waals surface area contributed by atoms with Crippen molar-refractivity contribution in [2.24, 2.45) is 5.92 Å². The van der Waals surface area contributed by atoms with Crippen molar-refractivity contribution in [3.63, 3.8) is 0 Å². The van der Waals surface area contributed by atoms with Gasteiger partial charge < -0.3 is 10.6 Å². The molecule has 0 spiro atoms. The lowest BCUT2D eigenvalue weighted by molar-refractivity contribution is -0.136. The van der Waals surface area contributed by atoms with E-state index in [-0.39, 0.29) is 11.6 Å². The third-order valence-corrected chi connectivity index (χ3v) is 4.67. The van der Waals surface area contributed by atoms with Crippen LogP contribution >= 0.6 is 0 Å². The molecule has 2 heterocycles. The molecule has 1 saturated heterocycles. The van der Waals surface area contributed by atoms with Gasteiger partial charge in [-0.25, -0.2) is 9.97 Å². The van der Waals surface area contributed by atoms with Gasteiger partial charge in [0.15, 0.2) is 0 Å². The zero-order valence-corrected chi connectivity index (χ0v) is 14.5. The van der Waals surface area contributed by atoms with Crippen LogP contribution in [0, 0.1) is 12.8 Å². The van der Waals surface area contributed by atoms with E-state index in [0.29, 0.717) is 22.9 Å². The summed E-state index contributed by atoms with van der Waals surface area (Å²) in [5.74, 6) is 1.44. The van der Waals surface area contributed by atoms with Crippen molar-refractivity contribution in [3.8, 4) is 0 Å². The summed E-state index contributed by atoms with van der Waals surface area (Å²) in [5, 5.41) is 7.07. The molecule has 1 aliphatic rings. The van der Waals surface area contributed by atoms with E-state index in [1.54, 1.807) is 13.0 Å². The predicted octanol–water partition coefficient (Wildman–Crippen LogP) is 4.15. The van der Waals surface area contributed by atoms with Gasteiger partial charge in [0.25, 0.3) is 0 Å². The largest absolute Gasteiger partial charge is 0.418 e. The number of hydrogen-bond acceptors (Lipinski definition) is 4. The Morgan fingerprint density at radius 1 is 1.24 bits per heavy atom. The van der Waals surface area contributed by atoms with Crippen LogP contribution in [0.1, 0.15) is 37.6 Å². The quantitative estimate of drug-likeness (QED) is 0.868. The Bertz CT molecular complexity index is 739. The highest BCUT2D eigenvalue weighted by molar-refractivity contribution is 5.91. The zero-order chi connectivity index (χ0) is 18.0. The molecule has 1 fully saturated rings. The summed E-state index contributed by atoms with van der Waals surface area (Å²) in [5.41, 5.74) is -0.761. The number of nitrogens with one attached hydrogen (secondary N) is 2. The number of para-hydroxylation sites is 1. The van der Waals surface area contributed by atoms with Gasteiger partial charge in [-0.1, -0.05) is 6.07 Å². The van der Waals surface area contributed by atoms with E-state index in [1.165, 1.54) is 6.07 Å². The van der Waals surface area contributed by atoms with Gasteiger partial charge in [-0.15, -0.1) is 0 Å². The van der Waals surface area contributed by atoms with Crippen molar-refractivity contribution in [1.82, 2.24) is 15.3 Å². The van der Waals surface area contributed by atoms with Crippen molar-refractivity contribution in [2.75, 3.05) is 18.4 Å². The van der Waals surface area contributed by atoms with Crippen molar-refractivity contribution >= 4 is 16.7 Å². The number of piperidine rings is 1. The summed E-state index contributed by atoms with van der Waals surface area (Å²) in [6, 6.07) is 4.25. The van der Waals surface area contributed by atoms with Crippen LogP contribution in [0.15, 0.2) is 18.2 Å². The number of rotatable bonds is 4. The van der Waals surface area contributed by atoms with Gasteiger partial charge in [0.2, 0.25) is 0 Å². The van der Waals surface area contributed by atoms with Gasteiger partial charge in [0.1, 0.15) is 11.6 Å². The second-order valence-electron chi connectivity index (χ2n) is 6.79. The van der Waals surface area contributed by atoms with Crippen LogP contribution in [0.3, 0.4) is 0 Å². The SMILES string of the molecule is Cc1nc(N[C@@H](C)CC2CCNCC2)c2cccc(C(F)(F)F)c2n1. The Labute approximate surface area is 145 Å². The van der Waals surface area contributed by atoms with Crippen molar-refractivity contribution in [1.29, 1.82) is 0 Å². The molecular weight excluding hydrogens is 329 g/mol. The Morgan fingerprint density at radius 3 is 2.64 bits per heavy atom. The van der Waals surface area contributed by atoms with Gasteiger partial charge in [0.05, 0.1) is 11.1 Å². The zero-order valence-electron chi connectivity index (χ0n) is 14.5. The summed E-state index contributed by atoms with van der Waals surface area (Å²) >= 11 is 0. The molecule has 2 N–H and O–H groups in total. The number of benzene rings is 1. The van der Waals surface area contributed by atoms with Gasteiger partial charge in [-0.05, 0) is 64.3 Å². The van der Waals surface area contributed by atoms with Crippen molar-refractivity contribution < 1.29 is 13.2 Å². The van der Waals surface area contributed by atoms with E-state index in [9.17, 15) is 13.2 Å². The number of halogens is 3. The van der Waals surface area contributed by atoms with Crippen LogP contribution < -0.4 is 10.6 Å². The third-order valence-electron chi connectivity index (χ3n) is 4.67. The lowest BCUT2D eigenvalue weighted by atomic mass is 9.91. The van der Waals surface area contributed by atoms with Crippen LogP contribution in [0.2, 0.25) is 0 Å². The van der Waals surface area contributed by atoms with E-state index in [2.05, 4.69) is 27.5 Å². The fourth-order valence-electron chi connectivity index (χ4n) is 3.51. The van der Waals surface area contributed by atoms with E-state index in [4.69, 9.17) is 0 Å². The Hall–Kier alpha value is -1.89. The standard InChI is InChI=1S/C18H23F3N4/c1-11(10-13-6-8-22-9-7-13)23-17-14-4-3-5-15(18(19,20)21)16(14)24-12(2)25-17/h3-5,11,13,22H,6-10H2,1-2H3,(H,23,24,25)/t11-/m0/s1. The highest BCUT2D eigenvalue weighted by atomic mass is 19.4. The maximum Gasteiger partial charge on any atom is 0.418 e. The van der Waals surface area contributed by atoms with Gasteiger partial charge in [-0.3, -0.25) is 0 Å². The first-order valence-electron chi connectivity index (χ1n) is 8.66. The normalized spacial score (nSPS) is 17.6. The van der Waals surface area contributed by atoms with Crippen LogP contribution in [0.5, 0.6) is 0 Å². The first-order valence-corrected chi connectivity index (χ1v) is 8.66. The molecule has 1 aromatic carbocycles. The molecule has 0 radical (unpaired) electrons. The predicted molar refractivity (Wildman–Crippen MR) is 92.6 cm³/mol. The minimum Gasteiger partial charge on any atom is -0.367 e. The molecule has 0 bridgehead atoms. The van der Waals surface area contributed by atoms with E-state index >= 15 is 0 Å². The molecule has 25 heavy (non-hydrogen) atoms. The molecule has 7 heteroatoms. The minimum atomic E-state index is -4.43. The van der Waals surface area contributed by atoms with E-state index < -0.39 is 11.7 Å². The van der Waals surface area contributed by atoms with Gasteiger partial charge in [-0.2, -0.15) is 13.2 Å². The molecule has 2 aromatic rings. The first-order chi connectivity index (χ1) is 11.8. The average Bonchev–Trinajstić information content (AvgIpc) is 2.54. The second kappa shape index (κ2) is 7.15. The number of aryl methyl sites for hydroxylation is 1. The molecule has 0 saturated carbocycles. The summed E-state index contributed by atoms with van der Waals surface area (Å²) < 4.78 is 39.8. The summed E-state index contributed by atoms with van der Waals surface area (Å²) in [4.78, 5) is 8.40. The molecule has 4 nitrogen and oxygen atoms in total. The second-order valence-corrected chi connectivity index (χ2v) is 6.79. The Balaban J connectivity index is 1.88. The fourth-order valence-corrected chi connectivity index (χ4v) is 3.51. The van der Waals surface area contributed by atoms with E-state index in [1.807, 2.05) is 0 Å². The average molecular weight is 352 g/mol. The summed E-state index contributed by atoms with van der Waals surface area (Å²) in [6.07, 6.45) is -1.19. The number of hydrogen-bond donors (Lipinski definition) is 2. The Kier molecular flexibility index (Phi) is 5.13. The van der Waals surface area contributed by atoms with Crippen LogP contribution in [-0.4, -0.2) is 29.1 Å². The Morgan fingerprint density at radius 2 is 1.96 bits per heavy atom. The highest BCUT2D eigenvalue weighted by Crippen LogP contribution is 2.35. The fraction of sp³-hybridized carbons (Fsp3) is 0.556. The maximum absolute atomic E-state index is 13.3. The van der Waals surface area contributed by atoms with Crippen molar-refractivity contribution in [3.05, 3.63) is 29.6 Å². The number of aromatic nitrogens is 2. The minimum absolute atomic E-state index is 0.0425. The number of alkyl halides is 3. The molecule has 0 aliphatic carbocycles. The topological polar surface area (TPSA) is 49.8 Å². The number of nitrogens with zero attached hydrogens (tertiary/aromatic N) is 2. The highest BCUT2D eigenvalue weighted by Gasteiger charge is 2.33. The lowest BCUT2D eigenvalue weighted by Gasteiger charge is -2.26. The number of anilines is 1. The first kappa shape index (κ1) is 17.9. The molecule has 3 rings (SSSR count). The molecule has 1 atom stereocenters. The van der Waals surface area contributed by atoms with E-state index in [0.717, 1.165) is 38.4 Å². The summed E-state index contributed by atoms with van der Waals surface area (Å²) in [7, 11) is 0. The maximum atomic E-state index is 13.3. The molecule has 1 aromatic heterocycles. The molecule has 136 valence electrons.